The van der Waals surface area contributed by atoms with E-state index in [1.54, 1.807) is 13.8 Å². The third kappa shape index (κ3) is 3.05. The number of phenols is 1. The maximum Gasteiger partial charge on any atom is 0.262 e. The van der Waals surface area contributed by atoms with Gasteiger partial charge in [0.05, 0.1) is 10.6 Å². The molecule has 22 heavy (non-hydrogen) atoms. The van der Waals surface area contributed by atoms with Crippen molar-refractivity contribution in [2.45, 2.75) is 32.6 Å². The number of anilines is 1. The summed E-state index contributed by atoms with van der Waals surface area (Å²) in [6.45, 7) is 7.29. The minimum atomic E-state index is -3.83. The number of hydrogen-bond acceptors (Lipinski definition) is 3. The Labute approximate surface area is 135 Å². The Morgan fingerprint density at radius 3 is 2.09 bits per heavy atom. The summed E-state index contributed by atoms with van der Waals surface area (Å²) < 4.78 is 27.9. The second kappa shape index (κ2) is 5.82. The van der Waals surface area contributed by atoms with Crippen molar-refractivity contribution in [1.82, 2.24) is 0 Å². The highest BCUT2D eigenvalue weighted by atomic mass is 35.5. The lowest BCUT2D eigenvalue weighted by Crippen LogP contribution is -2.17. The SMILES string of the molecule is Cc1cc(C)c(C)c(S(=O)(=O)Nc2cc(Cl)ccc2O)c1C. The van der Waals surface area contributed by atoms with Crippen molar-refractivity contribution >= 4 is 27.3 Å². The molecule has 0 amide bonds. The number of nitrogens with one attached hydrogen (secondary N) is 1. The molecule has 4 nitrogen and oxygen atoms in total. The van der Waals surface area contributed by atoms with E-state index in [2.05, 4.69) is 4.72 Å². The summed E-state index contributed by atoms with van der Waals surface area (Å²) in [7, 11) is -3.83. The first-order chi connectivity index (χ1) is 10.1. The van der Waals surface area contributed by atoms with Crippen molar-refractivity contribution in [2.24, 2.45) is 0 Å². The van der Waals surface area contributed by atoms with Crippen LogP contribution in [-0.2, 0) is 10.0 Å². The lowest BCUT2D eigenvalue weighted by molar-refractivity contribution is 0.477. The number of phenolic OH excluding ortho intramolecular Hbond substituents is 1. The lowest BCUT2D eigenvalue weighted by Gasteiger charge is -2.17. The first kappa shape index (κ1) is 16.6. The van der Waals surface area contributed by atoms with Crippen LogP contribution in [0.4, 0.5) is 5.69 Å². The van der Waals surface area contributed by atoms with Gasteiger partial charge in [-0.05, 0) is 68.1 Å². The van der Waals surface area contributed by atoms with Crippen LogP contribution in [0.15, 0.2) is 29.2 Å². The van der Waals surface area contributed by atoms with Crippen LogP contribution in [0.25, 0.3) is 0 Å². The maximum atomic E-state index is 12.7. The smallest absolute Gasteiger partial charge is 0.262 e. The zero-order valence-corrected chi connectivity index (χ0v) is 14.4. The Morgan fingerprint density at radius 2 is 1.55 bits per heavy atom. The molecule has 0 fully saturated rings. The van der Waals surface area contributed by atoms with Crippen LogP contribution < -0.4 is 4.72 Å². The normalized spacial score (nSPS) is 11.5. The fourth-order valence-corrected chi connectivity index (χ4v) is 4.22. The molecule has 0 saturated carbocycles. The van der Waals surface area contributed by atoms with E-state index >= 15 is 0 Å². The van der Waals surface area contributed by atoms with Gasteiger partial charge in [0.15, 0.2) is 0 Å². The molecule has 2 aromatic rings. The number of aromatic hydroxyl groups is 1. The predicted molar refractivity (Wildman–Crippen MR) is 89.3 cm³/mol. The summed E-state index contributed by atoms with van der Waals surface area (Å²) in [6.07, 6.45) is 0. The first-order valence-corrected chi connectivity index (χ1v) is 8.58. The van der Waals surface area contributed by atoms with E-state index in [0.717, 1.165) is 11.1 Å². The largest absolute Gasteiger partial charge is 0.506 e. The van der Waals surface area contributed by atoms with Crippen molar-refractivity contribution in [3.05, 3.63) is 51.5 Å². The molecule has 0 aromatic heterocycles. The van der Waals surface area contributed by atoms with E-state index in [1.807, 2.05) is 19.9 Å². The molecule has 0 bridgehead atoms. The van der Waals surface area contributed by atoms with Crippen LogP contribution in [0.5, 0.6) is 5.75 Å². The van der Waals surface area contributed by atoms with Crippen molar-refractivity contribution < 1.29 is 13.5 Å². The maximum absolute atomic E-state index is 12.7. The average Bonchev–Trinajstić information content (AvgIpc) is 2.40. The molecular formula is C16H18ClNO3S. The van der Waals surface area contributed by atoms with Crippen LogP contribution >= 0.6 is 11.6 Å². The number of benzene rings is 2. The van der Waals surface area contributed by atoms with Crippen LogP contribution in [-0.4, -0.2) is 13.5 Å². The molecule has 2 N–H and O–H groups in total. The summed E-state index contributed by atoms with van der Waals surface area (Å²) in [5.41, 5.74) is 3.25. The Hall–Kier alpha value is -1.72. The first-order valence-electron chi connectivity index (χ1n) is 6.72. The van der Waals surface area contributed by atoms with E-state index in [1.165, 1.54) is 18.2 Å². The Bertz CT molecular complexity index is 819. The average molecular weight is 340 g/mol. The molecule has 0 unspecified atom stereocenters. The van der Waals surface area contributed by atoms with E-state index in [-0.39, 0.29) is 16.3 Å². The minimum Gasteiger partial charge on any atom is -0.506 e. The van der Waals surface area contributed by atoms with Gasteiger partial charge in [0.25, 0.3) is 10.0 Å². The molecular weight excluding hydrogens is 322 g/mol. The van der Waals surface area contributed by atoms with Crippen molar-refractivity contribution in [1.29, 1.82) is 0 Å². The molecule has 0 aliphatic heterocycles. The second-order valence-electron chi connectivity index (χ2n) is 5.36. The molecule has 0 heterocycles. The van der Waals surface area contributed by atoms with Crippen molar-refractivity contribution in [3.8, 4) is 5.75 Å². The van der Waals surface area contributed by atoms with Gasteiger partial charge in [0, 0.05) is 5.02 Å². The highest BCUT2D eigenvalue weighted by Crippen LogP contribution is 2.32. The molecule has 0 radical (unpaired) electrons. The van der Waals surface area contributed by atoms with E-state index in [0.29, 0.717) is 16.1 Å². The standard InChI is InChI=1S/C16H18ClNO3S/c1-9-7-10(2)12(4)16(11(9)3)22(20,21)18-14-8-13(17)5-6-15(14)19/h5-8,18-19H,1-4H3. The fourth-order valence-electron chi connectivity index (χ4n) is 2.37. The summed E-state index contributed by atoms with van der Waals surface area (Å²) in [6, 6.07) is 6.17. The third-order valence-electron chi connectivity index (χ3n) is 3.77. The van der Waals surface area contributed by atoms with Crippen LogP contribution in [0.3, 0.4) is 0 Å². The Balaban J connectivity index is 2.59. The molecule has 2 rings (SSSR count). The topological polar surface area (TPSA) is 66.4 Å². The summed E-state index contributed by atoms with van der Waals surface area (Å²) >= 11 is 5.86. The number of rotatable bonds is 3. The fraction of sp³-hybridized carbons (Fsp3) is 0.250. The van der Waals surface area contributed by atoms with Gasteiger partial charge in [-0.25, -0.2) is 8.42 Å². The van der Waals surface area contributed by atoms with Crippen LogP contribution in [0.1, 0.15) is 22.3 Å². The molecule has 6 heteroatoms. The molecule has 0 spiro atoms. The zero-order valence-electron chi connectivity index (χ0n) is 12.9. The number of sulfonamides is 1. The number of aryl methyl sites for hydroxylation is 2. The summed E-state index contributed by atoms with van der Waals surface area (Å²) in [5.74, 6) is -0.173. The Kier molecular flexibility index (Phi) is 4.40. The molecule has 0 saturated heterocycles. The lowest BCUT2D eigenvalue weighted by atomic mass is 10.0. The molecule has 0 aliphatic rings. The summed E-state index contributed by atoms with van der Waals surface area (Å²) in [5, 5.41) is 10.1. The summed E-state index contributed by atoms with van der Waals surface area (Å²) in [4.78, 5) is 0.240. The minimum absolute atomic E-state index is 0.0606. The number of hydrogen-bond donors (Lipinski definition) is 2. The Morgan fingerprint density at radius 1 is 1.00 bits per heavy atom. The van der Waals surface area contributed by atoms with Gasteiger partial charge in [-0.1, -0.05) is 17.7 Å². The predicted octanol–water partition coefficient (Wildman–Crippen LogP) is 4.08. The highest BCUT2D eigenvalue weighted by Gasteiger charge is 2.23. The molecule has 0 aliphatic carbocycles. The van der Waals surface area contributed by atoms with Gasteiger partial charge >= 0.3 is 0 Å². The van der Waals surface area contributed by atoms with Crippen LogP contribution in [0, 0.1) is 27.7 Å². The van der Waals surface area contributed by atoms with E-state index < -0.39 is 10.0 Å². The third-order valence-corrected chi connectivity index (χ3v) is 5.64. The monoisotopic (exact) mass is 339 g/mol. The molecule has 0 atom stereocenters. The van der Waals surface area contributed by atoms with Crippen molar-refractivity contribution in [2.75, 3.05) is 4.72 Å². The van der Waals surface area contributed by atoms with Gasteiger partial charge in [0.1, 0.15) is 5.75 Å². The quantitative estimate of drug-likeness (QED) is 0.828. The van der Waals surface area contributed by atoms with Gasteiger partial charge < -0.3 is 5.11 Å². The van der Waals surface area contributed by atoms with Gasteiger partial charge in [-0.2, -0.15) is 0 Å². The number of halogens is 1. The molecule has 2 aromatic carbocycles. The van der Waals surface area contributed by atoms with Gasteiger partial charge in [-0.3, -0.25) is 4.72 Å². The van der Waals surface area contributed by atoms with Gasteiger partial charge in [0.2, 0.25) is 0 Å². The highest BCUT2D eigenvalue weighted by molar-refractivity contribution is 7.92. The van der Waals surface area contributed by atoms with Gasteiger partial charge in [-0.15, -0.1) is 0 Å². The molecule has 118 valence electrons. The van der Waals surface area contributed by atoms with Crippen molar-refractivity contribution in [3.63, 3.8) is 0 Å². The van der Waals surface area contributed by atoms with E-state index in [9.17, 15) is 13.5 Å². The van der Waals surface area contributed by atoms with Crippen LogP contribution in [0.2, 0.25) is 5.02 Å². The van der Waals surface area contributed by atoms with E-state index in [4.69, 9.17) is 11.6 Å². The second-order valence-corrected chi connectivity index (χ2v) is 7.41. The zero-order chi connectivity index (χ0) is 16.7.